The zero-order valence-electron chi connectivity index (χ0n) is 11.3. The molecule has 3 heteroatoms. The van der Waals surface area contributed by atoms with Crippen LogP contribution in [0.15, 0.2) is 29.2 Å². The average Bonchev–Trinajstić information content (AvgIpc) is 2.45. The van der Waals surface area contributed by atoms with E-state index in [0.717, 1.165) is 13.1 Å². The minimum Gasteiger partial charge on any atom is -0.314 e. The zero-order valence-corrected chi connectivity index (χ0v) is 12.1. The van der Waals surface area contributed by atoms with Gasteiger partial charge in [-0.3, -0.25) is 0 Å². The Hall–Kier alpha value is -0.510. The van der Waals surface area contributed by atoms with Crippen LogP contribution in [0.4, 0.5) is 0 Å². The summed E-state index contributed by atoms with van der Waals surface area (Å²) in [6, 6.07) is 9.13. The first-order chi connectivity index (χ1) is 8.88. The predicted molar refractivity (Wildman–Crippen MR) is 80.5 cm³/mol. The first-order valence-corrected chi connectivity index (χ1v) is 8.02. The van der Waals surface area contributed by atoms with Crippen LogP contribution in [0.5, 0.6) is 0 Å². The van der Waals surface area contributed by atoms with Gasteiger partial charge in [-0.25, -0.2) is 0 Å². The Balaban J connectivity index is 1.75. The lowest BCUT2D eigenvalue weighted by molar-refractivity contribution is 0.244. The van der Waals surface area contributed by atoms with Gasteiger partial charge in [0.25, 0.3) is 0 Å². The van der Waals surface area contributed by atoms with Crippen molar-refractivity contribution in [3.8, 4) is 0 Å². The molecule has 1 aromatic rings. The van der Waals surface area contributed by atoms with Gasteiger partial charge < -0.3 is 10.2 Å². The van der Waals surface area contributed by atoms with Crippen LogP contribution >= 0.6 is 11.8 Å². The van der Waals surface area contributed by atoms with E-state index < -0.39 is 0 Å². The molecule has 100 valence electrons. The van der Waals surface area contributed by atoms with Crippen molar-refractivity contribution in [2.75, 3.05) is 38.5 Å². The van der Waals surface area contributed by atoms with Crippen molar-refractivity contribution in [3.63, 3.8) is 0 Å². The summed E-state index contributed by atoms with van der Waals surface area (Å²) in [4.78, 5) is 3.96. The number of hydrogen-bond donors (Lipinski definition) is 1. The second-order valence-corrected chi connectivity index (χ2v) is 6.00. The summed E-state index contributed by atoms with van der Waals surface area (Å²) in [6.45, 7) is 8.12. The largest absolute Gasteiger partial charge is 0.314 e. The average molecular weight is 264 g/mol. The maximum absolute atomic E-state index is 3.40. The maximum Gasteiger partial charge on any atom is 0.0108 e. The highest BCUT2D eigenvalue weighted by Gasteiger charge is 2.08. The Kier molecular flexibility index (Phi) is 6.05. The Morgan fingerprint density at radius 2 is 1.89 bits per heavy atom. The number of hydrogen-bond acceptors (Lipinski definition) is 3. The summed E-state index contributed by atoms with van der Waals surface area (Å²) in [7, 11) is 0. The van der Waals surface area contributed by atoms with Gasteiger partial charge in [0.15, 0.2) is 0 Å². The number of nitrogens with zero attached hydrogens (tertiary/aromatic N) is 1. The molecule has 0 saturated carbocycles. The first kappa shape index (κ1) is 13.9. The highest BCUT2D eigenvalue weighted by atomic mass is 32.2. The molecule has 1 fully saturated rings. The van der Waals surface area contributed by atoms with E-state index in [1.165, 1.54) is 48.7 Å². The molecular weight excluding hydrogens is 240 g/mol. The molecule has 1 aliphatic heterocycles. The number of benzene rings is 1. The smallest absolute Gasteiger partial charge is 0.0108 e. The molecule has 1 aliphatic rings. The van der Waals surface area contributed by atoms with Crippen LogP contribution in [-0.4, -0.2) is 43.4 Å². The Morgan fingerprint density at radius 3 is 2.56 bits per heavy atom. The lowest BCUT2D eigenvalue weighted by Crippen LogP contribution is -2.44. The second-order valence-electron chi connectivity index (χ2n) is 4.83. The quantitative estimate of drug-likeness (QED) is 0.795. The third kappa shape index (κ3) is 4.63. The molecule has 0 spiro atoms. The molecule has 2 nitrogen and oxygen atoms in total. The van der Waals surface area contributed by atoms with Gasteiger partial charge in [0.2, 0.25) is 0 Å². The molecule has 0 aromatic heterocycles. The van der Waals surface area contributed by atoms with Crippen molar-refractivity contribution < 1.29 is 0 Å². The molecule has 0 unspecified atom stereocenters. The van der Waals surface area contributed by atoms with E-state index in [9.17, 15) is 0 Å². The van der Waals surface area contributed by atoms with Gasteiger partial charge in [-0.1, -0.05) is 19.1 Å². The van der Waals surface area contributed by atoms with Gasteiger partial charge in [-0.15, -0.1) is 11.8 Å². The van der Waals surface area contributed by atoms with Gasteiger partial charge in [0, 0.05) is 37.6 Å². The molecule has 1 aromatic carbocycles. The molecule has 18 heavy (non-hydrogen) atoms. The topological polar surface area (TPSA) is 15.3 Å². The number of rotatable bonds is 6. The van der Waals surface area contributed by atoms with Crippen LogP contribution in [0.1, 0.15) is 18.9 Å². The van der Waals surface area contributed by atoms with Crippen molar-refractivity contribution in [1.82, 2.24) is 10.2 Å². The number of piperazine rings is 1. The molecule has 1 saturated heterocycles. The minimum atomic E-state index is 1.15. The fourth-order valence-corrected chi connectivity index (χ4v) is 2.96. The molecule has 1 heterocycles. The van der Waals surface area contributed by atoms with Crippen LogP contribution in [0.2, 0.25) is 0 Å². The van der Waals surface area contributed by atoms with Crippen LogP contribution < -0.4 is 5.32 Å². The SMILES string of the molecule is CCCSc1ccc(CCN2CCNCC2)cc1. The first-order valence-electron chi connectivity index (χ1n) is 7.03. The summed E-state index contributed by atoms with van der Waals surface area (Å²) >= 11 is 1.96. The Labute approximate surface area is 115 Å². The Morgan fingerprint density at radius 1 is 1.17 bits per heavy atom. The van der Waals surface area contributed by atoms with E-state index in [1.807, 2.05) is 11.8 Å². The standard InChI is InChI=1S/C15H24N2S/c1-2-13-18-15-5-3-14(4-6-15)7-10-17-11-8-16-9-12-17/h3-6,16H,2,7-13H2,1H3. The third-order valence-electron chi connectivity index (χ3n) is 3.32. The third-order valence-corrected chi connectivity index (χ3v) is 4.54. The van der Waals surface area contributed by atoms with Gasteiger partial charge in [0.1, 0.15) is 0 Å². The monoisotopic (exact) mass is 264 g/mol. The van der Waals surface area contributed by atoms with E-state index in [-0.39, 0.29) is 0 Å². The fraction of sp³-hybridized carbons (Fsp3) is 0.600. The molecule has 0 atom stereocenters. The van der Waals surface area contributed by atoms with Crippen LogP contribution in [0.25, 0.3) is 0 Å². The highest BCUT2D eigenvalue weighted by molar-refractivity contribution is 7.99. The van der Waals surface area contributed by atoms with Crippen LogP contribution in [0, 0.1) is 0 Å². The van der Waals surface area contributed by atoms with Gasteiger partial charge in [-0.2, -0.15) is 0 Å². The zero-order chi connectivity index (χ0) is 12.6. The lowest BCUT2D eigenvalue weighted by Gasteiger charge is -2.27. The van der Waals surface area contributed by atoms with E-state index in [4.69, 9.17) is 0 Å². The van der Waals surface area contributed by atoms with Gasteiger partial charge in [-0.05, 0) is 36.3 Å². The molecular formula is C15H24N2S. The number of nitrogens with one attached hydrogen (secondary N) is 1. The summed E-state index contributed by atoms with van der Waals surface area (Å²) in [5.41, 5.74) is 1.47. The fourth-order valence-electron chi connectivity index (χ4n) is 2.19. The molecule has 0 bridgehead atoms. The highest BCUT2D eigenvalue weighted by Crippen LogP contribution is 2.19. The van der Waals surface area contributed by atoms with Crippen molar-refractivity contribution in [3.05, 3.63) is 29.8 Å². The second kappa shape index (κ2) is 7.82. The predicted octanol–water partition coefficient (Wildman–Crippen LogP) is 2.64. The van der Waals surface area contributed by atoms with E-state index >= 15 is 0 Å². The molecule has 0 aliphatic carbocycles. The van der Waals surface area contributed by atoms with Crippen molar-refractivity contribution in [2.45, 2.75) is 24.7 Å². The van der Waals surface area contributed by atoms with E-state index in [0.29, 0.717) is 0 Å². The normalized spacial score (nSPS) is 16.9. The molecule has 0 amide bonds. The maximum atomic E-state index is 3.40. The molecule has 1 N–H and O–H groups in total. The van der Waals surface area contributed by atoms with Crippen molar-refractivity contribution in [2.24, 2.45) is 0 Å². The summed E-state index contributed by atoms with van der Waals surface area (Å²) in [5, 5.41) is 3.40. The van der Waals surface area contributed by atoms with Gasteiger partial charge in [0.05, 0.1) is 0 Å². The lowest BCUT2D eigenvalue weighted by atomic mass is 10.1. The van der Waals surface area contributed by atoms with Gasteiger partial charge >= 0.3 is 0 Å². The van der Waals surface area contributed by atoms with Crippen LogP contribution in [-0.2, 0) is 6.42 Å². The van der Waals surface area contributed by atoms with E-state index in [2.05, 4.69) is 41.4 Å². The van der Waals surface area contributed by atoms with E-state index in [1.54, 1.807) is 0 Å². The van der Waals surface area contributed by atoms with Crippen LogP contribution in [0.3, 0.4) is 0 Å². The summed E-state index contributed by atoms with van der Waals surface area (Å²) < 4.78 is 0. The number of thioether (sulfide) groups is 1. The Bertz CT molecular complexity index is 331. The summed E-state index contributed by atoms with van der Waals surface area (Å²) in [5.74, 6) is 1.22. The molecule has 2 rings (SSSR count). The molecule has 0 radical (unpaired) electrons. The van der Waals surface area contributed by atoms with Crippen molar-refractivity contribution >= 4 is 11.8 Å². The summed E-state index contributed by atoms with van der Waals surface area (Å²) in [6.07, 6.45) is 2.42. The minimum absolute atomic E-state index is 1.15. The van der Waals surface area contributed by atoms with Crippen molar-refractivity contribution in [1.29, 1.82) is 0 Å².